The molecule has 4 heteroatoms. The van der Waals surface area contributed by atoms with Crippen LogP contribution in [0, 0.1) is 30.1 Å². The molecule has 2 saturated carbocycles. The molecule has 5 atom stereocenters. The van der Waals surface area contributed by atoms with Gasteiger partial charge in [-0.2, -0.15) is 0 Å². The molecule has 0 aromatic heterocycles. The van der Waals surface area contributed by atoms with Gasteiger partial charge < -0.3 is 14.9 Å². The minimum Gasteiger partial charge on any atom is -0.481 e. The van der Waals surface area contributed by atoms with Crippen molar-refractivity contribution in [3.05, 3.63) is 11.6 Å². The van der Waals surface area contributed by atoms with Gasteiger partial charge in [-0.15, -0.1) is 12.3 Å². The molecule has 0 aromatic carbocycles. The average molecular weight is 363 g/mol. The summed E-state index contributed by atoms with van der Waals surface area (Å²) in [6.07, 6.45) is 14.9. The monoisotopic (exact) mass is 362 g/mol. The summed E-state index contributed by atoms with van der Waals surface area (Å²) in [6, 6.07) is 0. The van der Waals surface area contributed by atoms with Crippen LogP contribution in [-0.2, 0) is 9.53 Å². The maximum absolute atomic E-state index is 10.9. The highest BCUT2D eigenvalue weighted by atomic mass is 16.5. The Morgan fingerprint density at radius 3 is 2.73 bits per heavy atom. The van der Waals surface area contributed by atoms with Crippen molar-refractivity contribution in [2.45, 2.75) is 83.3 Å². The van der Waals surface area contributed by atoms with Crippen LogP contribution in [0.3, 0.4) is 0 Å². The SMILES string of the molecule is C#CC1C(O)CCC2(OCCCC)C(=CCCC(=O)O)C(CCCC)C12. The molecule has 4 nitrogen and oxygen atoms in total. The van der Waals surface area contributed by atoms with Crippen molar-refractivity contribution < 1.29 is 19.7 Å². The maximum atomic E-state index is 10.9. The van der Waals surface area contributed by atoms with Crippen LogP contribution in [0.25, 0.3) is 0 Å². The van der Waals surface area contributed by atoms with Gasteiger partial charge in [0, 0.05) is 18.9 Å². The van der Waals surface area contributed by atoms with Crippen LogP contribution >= 0.6 is 0 Å². The zero-order valence-electron chi connectivity index (χ0n) is 16.2. The second kappa shape index (κ2) is 9.58. The third-order valence-electron chi connectivity index (χ3n) is 6.11. The van der Waals surface area contributed by atoms with E-state index in [1.165, 1.54) is 5.57 Å². The Hall–Kier alpha value is -1.31. The molecule has 0 amide bonds. The van der Waals surface area contributed by atoms with Crippen LogP contribution in [0.1, 0.15) is 71.6 Å². The summed E-state index contributed by atoms with van der Waals surface area (Å²) in [7, 11) is 0. The van der Waals surface area contributed by atoms with Gasteiger partial charge in [0.05, 0.1) is 17.6 Å². The van der Waals surface area contributed by atoms with Gasteiger partial charge in [0.25, 0.3) is 0 Å². The number of ether oxygens (including phenoxy) is 1. The number of unbranched alkanes of at least 4 members (excludes halogenated alkanes) is 2. The summed E-state index contributed by atoms with van der Waals surface area (Å²) >= 11 is 0. The second-order valence-corrected chi connectivity index (χ2v) is 7.76. The number of terminal acetylenes is 1. The number of carbonyl (C=O) groups is 1. The Kier molecular flexibility index (Phi) is 7.73. The summed E-state index contributed by atoms with van der Waals surface area (Å²) in [6.45, 7) is 5.00. The van der Waals surface area contributed by atoms with Gasteiger partial charge in [-0.05, 0) is 43.6 Å². The first-order valence-corrected chi connectivity index (χ1v) is 10.2. The van der Waals surface area contributed by atoms with Crippen molar-refractivity contribution in [3.63, 3.8) is 0 Å². The van der Waals surface area contributed by atoms with Crippen molar-refractivity contribution in [1.82, 2.24) is 0 Å². The Labute approximate surface area is 158 Å². The van der Waals surface area contributed by atoms with Gasteiger partial charge in [0.1, 0.15) is 0 Å². The van der Waals surface area contributed by atoms with E-state index < -0.39 is 12.1 Å². The first-order chi connectivity index (χ1) is 12.5. The van der Waals surface area contributed by atoms with Crippen LogP contribution in [0.5, 0.6) is 0 Å². The van der Waals surface area contributed by atoms with Crippen LogP contribution in [0.2, 0.25) is 0 Å². The van der Waals surface area contributed by atoms with Gasteiger partial charge in [0.2, 0.25) is 0 Å². The van der Waals surface area contributed by atoms with Crippen molar-refractivity contribution in [1.29, 1.82) is 0 Å². The molecular formula is C22H34O4. The van der Waals surface area contributed by atoms with Gasteiger partial charge in [-0.1, -0.05) is 39.2 Å². The molecule has 2 N–H and O–H groups in total. The number of aliphatic carboxylic acids is 1. The van der Waals surface area contributed by atoms with E-state index in [2.05, 4.69) is 25.8 Å². The zero-order chi connectivity index (χ0) is 19.2. The van der Waals surface area contributed by atoms with Gasteiger partial charge >= 0.3 is 5.97 Å². The Morgan fingerprint density at radius 2 is 2.12 bits per heavy atom. The van der Waals surface area contributed by atoms with Crippen molar-refractivity contribution in [3.8, 4) is 12.3 Å². The lowest BCUT2D eigenvalue weighted by atomic mass is 9.47. The predicted octanol–water partition coefficient (Wildman–Crippen LogP) is 4.17. The number of rotatable bonds is 10. The van der Waals surface area contributed by atoms with E-state index in [0.717, 1.165) is 38.5 Å². The highest BCUT2D eigenvalue weighted by Gasteiger charge is 2.63. The van der Waals surface area contributed by atoms with Crippen molar-refractivity contribution in [2.75, 3.05) is 6.61 Å². The van der Waals surface area contributed by atoms with Crippen molar-refractivity contribution >= 4 is 5.97 Å². The fourth-order valence-corrected chi connectivity index (χ4v) is 4.86. The quantitative estimate of drug-likeness (QED) is 0.348. The first kappa shape index (κ1) is 21.0. The molecule has 0 bridgehead atoms. The lowest BCUT2D eigenvalue weighted by molar-refractivity contribution is -0.183. The maximum Gasteiger partial charge on any atom is 0.303 e. The third kappa shape index (κ3) is 4.15. The Balaban J connectivity index is 2.30. The third-order valence-corrected chi connectivity index (χ3v) is 6.11. The first-order valence-electron chi connectivity index (χ1n) is 10.2. The molecule has 5 unspecified atom stereocenters. The predicted molar refractivity (Wildman–Crippen MR) is 103 cm³/mol. The fraction of sp³-hybridized carbons (Fsp3) is 0.773. The lowest BCUT2D eigenvalue weighted by Crippen LogP contribution is -2.65. The number of aliphatic hydroxyl groups excluding tert-OH is 1. The molecule has 146 valence electrons. The zero-order valence-corrected chi connectivity index (χ0v) is 16.2. The number of carboxylic acid groups (broad SMARTS) is 1. The second-order valence-electron chi connectivity index (χ2n) is 7.76. The molecule has 2 aliphatic rings. The normalized spacial score (nSPS) is 34.8. The van der Waals surface area contributed by atoms with Crippen LogP contribution in [0.4, 0.5) is 0 Å². The average Bonchev–Trinajstić information content (AvgIpc) is 2.61. The van der Waals surface area contributed by atoms with E-state index in [-0.39, 0.29) is 23.9 Å². The molecule has 0 aromatic rings. The topological polar surface area (TPSA) is 66.8 Å². The summed E-state index contributed by atoms with van der Waals surface area (Å²) in [5.74, 6) is 2.36. The van der Waals surface area contributed by atoms with Gasteiger partial charge in [-0.25, -0.2) is 0 Å². The summed E-state index contributed by atoms with van der Waals surface area (Å²) in [5.41, 5.74) is 0.864. The van der Waals surface area contributed by atoms with Crippen LogP contribution in [-0.4, -0.2) is 34.5 Å². The number of hydrogen-bond donors (Lipinski definition) is 2. The molecule has 0 saturated heterocycles. The van der Waals surface area contributed by atoms with E-state index in [0.29, 0.717) is 25.4 Å². The van der Waals surface area contributed by atoms with E-state index in [1.54, 1.807) is 0 Å². The molecule has 0 aliphatic heterocycles. The van der Waals surface area contributed by atoms with Crippen LogP contribution < -0.4 is 0 Å². The summed E-state index contributed by atoms with van der Waals surface area (Å²) in [5, 5.41) is 19.4. The van der Waals surface area contributed by atoms with Crippen molar-refractivity contribution in [2.24, 2.45) is 17.8 Å². The van der Waals surface area contributed by atoms with Crippen LogP contribution in [0.15, 0.2) is 11.6 Å². The highest BCUT2D eigenvalue weighted by Crippen LogP contribution is 2.62. The number of carboxylic acids is 1. The number of aliphatic hydroxyl groups is 1. The van der Waals surface area contributed by atoms with E-state index in [4.69, 9.17) is 16.3 Å². The molecule has 2 rings (SSSR count). The molecule has 0 radical (unpaired) electrons. The molecule has 2 fully saturated rings. The minimum atomic E-state index is -0.774. The van der Waals surface area contributed by atoms with Gasteiger partial charge in [-0.3, -0.25) is 4.79 Å². The molecule has 0 heterocycles. The van der Waals surface area contributed by atoms with Gasteiger partial charge in [0.15, 0.2) is 0 Å². The molecule has 2 aliphatic carbocycles. The van der Waals surface area contributed by atoms with E-state index in [1.807, 2.05) is 0 Å². The summed E-state index contributed by atoms with van der Waals surface area (Å²) in [4.78, 5) is 10.9. The Bertz CT molecular complexity index is 547. The number of fused-ring (bicyclic) bond motifs is 1. The summed E-state index contributed by atoms with van der Waals surface area (Å²) < 4.78 is 6.45. The minimum absolute atomic E-state index is 0.140. The fourth-order valence-electron chi connectivity index (χ4n) is 4.86. The Morgan fingerprint density at radius 1 is 1.38 bits per heavy atom. The lowest BCUT2D eigenvalue weighted by Gasteiger charge is -2.62. The highest BCUT2D eigenvalue weighted by molar-refractivity contribution is 5.66. The molecule has 26 heavy (non-hydrogen) atoms. The molecule has 0 spiro atoms. The number of allylic oxidation sites excluding steroid dienone is 1. The largest absolute Gasteiger partial charge is 0.481 e. The van der Waals surface area contributed by atoms with E-state index in [9.17, 15) is 9.90 Å². The number of hydrogen-bond acceptors (Lipinski definition) is 3. The molecular weight excluding hydrogens is 328 g/mol. The van der Waals surface area contributed by atoms with E-state index >= 15 is 0 Å². The smallest absolute Gasteiger partial charge is 0.303 e. The standard InChI is InChI=1S/C22H34O4/c1-4-7-10-17-18(11-9-12-20(24)25)22(26-15-8-5-2)14-13-19(23)16(6-3)21(17)22/h3,11,16-17,19,21,23H,4-5,7-10,12-15H2,1-2H3,(H,24,25).